The van der Waals surface area contributed by atoms with Gasteiger partial charge in [0.05, 0.1) is 17.2 Å². The second-order valence-electron chi connectivity index (χ2n) is 5.94. The summed E-state index contributed by atoms with van der Waals surface area (Å²) in [5.74, 6) is -0.308. The Labute approximate surface area is 130 Å². The number of likely N-dealkylation sites (tertiary alicyclic amines) is 1. The first-order valence-corrected chi connectivity index (χ1v) is 7.91. The third kappa shape index (κ3) is 2.91. The zero-order valence-corrected chi connectivity index (χ0v) is 13.0. The number of ether oxygens (including phenoxy) is 1. The Morgan fingerprint density at radius 1 is 1.05 bits per heavy atom. The summed E-state index contributed by atoms with van der Waals surface area (Å²) in [5.41, 5.74) is 1.07. The molecule has 1 aromatic rings. The van der Waals surface area contributed by atoms with Gasteiger partial charge in [0.15, 0.2) is 0 Å². The van der Waals surface area contributed by atoms with Crippen molar-refractivity contribution in [3.63, 3.8) is 0 Å². The largest absolute Gasteiger partial charge is 0.381 e. The van der Waals surface area contributed by atoms with Crippen LogP contribution in [0.3, 0.4) is 0 Å². The maximum absolute atomic E-state index is 12.2. The highest BCUT2D eigenvalue weighted by Crippen LogP contribution is 2.22. The smallest absolute Gasteiger partial charge is 0.261 e. The van der Waals surface area contributed by atoms with Gasteiger partial charge in [-0.1, -0.05) is 12.1 Å². The van der Waals surface area contributed by atoms with Crippen molar-refractivity contribution in [2.75, 3.05) is 33.3 Å². The second kappa shape index (κ2) is 6.58. The number of hydrogen-bond acceptors (Lipinski definition) is 4. The molecule has 1 fully saturated rings. The Morgan fingerprint density at radius 3 is 2.18 bits per heavy atom. The van der Waals surface area contributed by atoms with Crippen molar-refractivity contribution in [2.45, 2.75) is 25.4 Å². The fourth-order valence-electron chi connectivity index (χ4n) is 3.26. The standard InChI is InChI=1S/C17H22N2O3/c1-22-13-7-11-18(12-8-13)9-4-10-19-16(20)14-5-2-3-6-15(14)17(19)21/h2-3,5-6,13H,4,7-12H2,1H3. The predicted octanol–water partition coefficient (Wildman–Crippen LogP) is 1.78. The maximum Gasteiger partial charge on any atom is 0.261 e. The van der Waals surface area contributed by atoms with Crippen molar-refractivity contribution < 1.29 is 14.3 Å². The Hall–Kier alpha value is -1.72. The summed E-state index contributed by atoms with van der Waals surface area (Å²) in [6, 6.07) is 7.05. The summed E-state index contributed by atoms with van der Waals surface area (Å²) in [6.45, 7) is 3.47. The highest BCUT2D eigenvalue weighted by atomic mass is 16.5. The number of rotatable bonds is 5. The molecule has 118 valence electrons. The Kier molecular flexibility index (Phi) is 4.55. The van der Waals surface area contributed by atoms with Crippen LogP contribution in [-0.4, -0.2) is 61.0 Å². The number of carbonyl (C=O) groups excluding carboxylic acids is 2. The molecule has 0 N–H and O–H groups in total. The van der Waals surface area contributed by atoms with Crippen molar-refractivity contribution >= 4 is 11.8 Å². The number of carbonyl (C=O) groups is 2. The average molecular weight is 302 g/mol. The number of methoxy groups -OCH3 is 1. The van der Waals surface area contributed by atoms with Crippen LogP contribution in [0.1, 0.15) is 40.0 Å². The second-order valence-corrected chi connectivity index (χ2v) is 5.94. The number of fused-ring (bicyclic) bond motifs is 1. The number of benzene rings is 1. The molecule has 2 amide bonds. The lowest BCUT2D eigenvalue weighted by Gasteiger charge is -2.31. The molecular formula is C17H22N2O3. The van der Waals surface area contributed by atoms with Crippen molar-refractivity contribution in [2.24, 2.45) is 0 Å². The molecule has 0 saturated carbocycles. The maximum atomic E-state index is 12.2. The molecule has 0 atom stereocenters. The van der Waals surface area contributed by atoms with Crippen LogP contribution in [0.2, 0.25) is 0 Å². The van der Waals surface area contributed by atoms with Crippen LogP contribution in [0, 0.1) is 0 Å². The van der Waals surface area contributed by atoms with Gasteiger partial charge in [0, 0.05) is 26.7 Å². The molecule has 0 aromatic heterocycles. The summed E-state index contributed by atoms with van der Waals surface area (Å²) in [6.07, 6.45) is 3.32. The van der Waals surface area contributed by atoms with Gasteiger partial charge in [0.25, 0.3) is 11.8 Å². The zero-order valence-electron chi connectivity index (χ0n) is 13.0. The minimum atomic E-state index is -0.154. The first-order valence-electron chi connectivity index (χ1n) is 7.91. The van der Waals surface area contributed by atoms with Gasteiger partial charge in [-0.2, -0.15) is 0 Å². The van der Waals surface area contributed by atoms with Crippen LogP contribution in [0.25, 0.3) is 0 Å². The van der Waals surface area contributed by atoms with E-state index in [0.29, 0.717) is 23.8 Å². The lowest BCUT2D eigenvalue weighted by atomic mass is 10.1. The minimum Gasteiger partial charge on any atom is -0.381 e. The van der Waals surface area contributed by atoms with Gasteiger partial charge < -0.3 is 9.64 Å². The van der Waals surface area contributed by atoms with E-state index in [2.05, 4.69) is 4.90 Å². The highest BCUT2D eigenvalue weighted by molar-refractivity contribution is 6.21. The third-order valence-corrected chi connectivity index (χ3v) is 4.60. The van der Waals surface area contributed by atoms with E-state index in [4.69, 9.17) is 4.74 Å². The summed E-state index contributed by atoms with van der Waals surface area (Å²) >= 11 is 0. The summed E-state index contributed by atoms with van der Waals surface area (Å²) in [4.78, 5) is 28.3. The van der Waals surface area contributed by atoms with E-state index in [9.17, 15) is 9.59 Å². The van der Waals surface area contributed by atoms with Gasteiger partial charge in [-0.25, -0.2) is 0 Å². The first-order chi connectivity index (χ1) is 10.7. The van der Waals surface area contributed by atoms with E-state index >= 15 is 0 Å². The lowest BCUT2D eigenvalue weighted by molar-refractivity contribution is 0.0397. The topological polar surface area (TPSA) is 49.9 Å². The highest BCUT2D eigenvalue weighted by Gasteiger charge is 2.34. The molecule has 1 saturated heterocycles. The van der Waals surface area contributed by atoms with Gasteiger partial charge in [-0.15, -0.1) is 0 Å². The Morgan fingerprint density at radius 2 is 1.64 bits per heavy atom. The third-order valence-electron chi connectivity index (χ3n) is 4.60. The number of amides is 2. The van der Waals surface area contributed by atoms with E-state index in [0.717, 1.165) is 38.9 Å². The molecule has 5 heteroatoms. The van der Waals surface area contributed by atoms with Gasteiger partial charge in [-0.3, -0.25) is 14.5 Å². The van der Waals surface area contributed by atoms with Crippen LogP contribution in [0.5, 0.6) is 0 Å². The molecule has 3 rings (SSSR count). The van der Waals surface area contributed by atoms with Gasteiger partial charge >= 0.3 is 0 Å². The molecule has 0 unspecified atom stereocenters. The predicted molar refractivity (Wildman–Crippen MR) is 82.9 cm³/mol. The van der Waals surface area contributed by atoms with E-state index in [1.807, 2.05) is 0 Å². The number of nitrogens with zero attached hydrogens (tertiary/aromatic N) is 2. The fourth-order valence-corrected chi connectivity index (χ4v) is 3.26. The average Bonchev–Trinajstić information content (AvgIpc) is 2.81. The van der Waals surface area contributed by atoms with Crippen LogP contribution in [0.4, 0.5) is 0 Å². The molecule has 22 heavy (non-hydrogen) atoms. The van der Waals surface area contributed by atoms with Crippen LogP contribution >= 0.6 is 0 Å². The van der Waals surface area contributed by atoms with E-state index < -0.39 is 0 Å². The van der Waals surface area contributed by atoms with Crippen molar-refractivity contribution in [3.8, 4) is 0 Å². The number of hydrogen-bond donors (Lipinski definition) is 0. The number of piperidine rings is 1. The van der Waals surface area contributed by atoms with Crippen LogP contribution in [0.15, 0.2) is 24.3 Å². The van der Waals surface area contributed by atoms with E-state index in [1.54, 1.807) is 31.4 Å². The molecule has 1 aromatic carbocycles. The molecule has 0 bridgehead atoms. The molecule has 5 nitrogen and oxygen atoms in total. The zero-order chi connectivity index (χ0) is 15.5. The quantitative estimate of drug-likeness (QED) is 0.778. The first kappa shape index (κ1) is 15.2. The van der Waals surface area contributed by atoms with Gasteiger partial charge in [0.2, 0.25) is 0 Å². The summed E-state index contributed by atoms with van der Waals surface area (Å²) in [5, 5.41) is 0. The van der Waals surface area contributed by atoms with Crippen molar-refractivity contribution in [1.29, 1.82) is 0 Å². The van der Waals surface area contributed by atoms with Crippen LogP contribution < -0.4 is 0 Å². The summed E-state index contributed by atoms with van der Waals surface area (Å²) < 4.78 is 5.36. The van der Waals surface area contributed by atoms with Gasteiger partial charge in [0.1, 0.15) is 0 Å². The molecule has 0 spiro atoms. The molecule has 0 radical (unpaired) electrons. The van der Waals surface area contributed by atoms with Crippen LogP contribution in [-0.2, 0) is 4.74 Å². The molecule has 2 aliphatic rings. The SMILES string of the molecule is COC1CCN(CCCN2C(=O)c3ccccc3C2=O)CC1. The van der Waals surface area contributed by atoms with E-state index in [-0.39, 0.29) is 11.8 Å². The molecule has 2 heterocycles. The van der Waals surface area contributed by atoms with Gasteiger partial charge in [-0.05, 0) is 37.9 Å². The minimum absolute atomic E-state index is 0.154. The number of imide groups is 1. The lowest BCUT2D eigenvalue weighted by Crippen LogP contribution is -2.39. The Bertz CT molecular complexity index is 530. The molecule has 2 aliphatic heterocycles. The normalized spacial score (nSPS) is 19.8. The fraction of sp³-hybridized carbons (Fsp3) is 0.529. The van der Waals surface area contributed by atoms with Crippen molar-refractivity contribution in [3.05, 3.63) is 35.4 Å². The van der Waals surface area contributed by atoms with Crippen molar-refractivity contribution in [1.82, 2.24) is 9.80 Å². The molecule has 0 aliphatic carbocycles. The monoisotopic (exact) mass is 302 g/mol. The van der Waals surface area contributed by atoms with E-state index in [1.165, 1.54) is 4.90 Å². The Balaban J connectivity index is 1.49. The molecular weight excluding hydrogens is 280 g/mol. The summed E-state index contributed by atoms with van der Waals surface area (Å²) in [7, 11) is 1.77.